The molecule has 0 rings (SSSR count). The summed E-state index contributed by atoms with van der Waals surface area (Å²) in [6.45, 7) is 14.5. The van der Waals surface area contributed by atoms with Crippen molar-refractivity contribution in [1.82, 2.24) is 15.5 Å². The molecule has 0 heterocycles. The highest BCUT2D eigenvalue weighted by Crippen LogP contribution is 1.83. The summed E-state index contributed by atoms with van der Waals surface area (Å²) in [5, 5.41) is 6.81. The number of hydrogen-bond acceptors (Lipinski definition) is 3. The van der Waals surface area contributed by atoms with E-state index >= 15 is 0 Å². The Morgan fingerprint density at radius 2 is 1.36 bits per heavy atom. The van der Waals surface area contributed by atoms with Gasteiger partial charge in [-0.2, -0.15) is 0 Å². The quantitative estimate of drug-likeness (QED) is 0.515. The number of likely N-dealkylation sites (N-methyl/N-ethyl adjacent to an activating group) is 1. The van der Waals surface area contributed by atoms with E-state index in [9.17, 15) is 0 Å². The Morgan fingerprint density at radius 3 is 1.86 bits per heavy atom. The van der Waals surface area contributed by atoms with Gasteiger partial charge in [-0.1, -0.05) is 20.8 Å². The Hall–Kier alpha value is -0.120. The summed E-state index contributed by atoms with van der Waals surface area (Å²) in [5.74, 6) is 0. The molecular formula is C11H27N3. The van der Waals surface area contributed by atoms with Gasteiger partial charge in [0, 0.05) is 26.2 Å². The van der Waals surface area contributed by atoms with E-state index in [1.807, 2.05) is 0 Å². The van der Waals surface area contributed by atoms with Crippen molar-refractivity contribution in [3.05, 3.63) is 0 Å². The van der Waals surface area contributed by atoms with Crippen LogP contribution in [0, 0.1) is 0 Å². The Labute approximate surface area is 89.2 Å². The van der Waals surface area contributed by atoms with E-state index in [-0.39, 0.29) is 0 Å². The highest BCUT2D eigenvalue weighted by atomic mass is 15.1. The summed E-state index contributed by atoms with van der Waals surface area (Å²) < 4.78 is 0. The molecular weight excluding hydrogens is 174 g/mol. The normalized spacial score (nSPS) is 11.1. The minimum Gasteiger partial charge on any atom is -0.315 e. The molecule has 0 aromatic heterocycles. The van der Waals surface area contributed by atoms with Crippen LogP contribution in [-0.4, -0.2) is 50.7 Å². The predicted octanol–water partition coefficient (Wildman–Crippen LogP) is 0.917. The zero-order valence-electron chi connectivity index (χ0n) is 10.1. The lowest BCUT2D eigenvalue weighted by Crippen LogP contribution is -2.35. The van der Waals surface area contributed by atoms with Gasteiger partial charge in [-0.3, -0.25) is 0 Å². The minimum absolute atomic E-state index is 1.08. The van der Waals surface area contributed by atoms with E-state index < -0.39 is 0 Å². The minimum atomic E-state index is 1.08. The summed E-state index contributed by atoms with van der Waals surface area (Å²) in [7, 11) is 0. The zero-order chi connectivity index (χ0) is 10.6. The molecule has 0 bridgehead atoms. The molecule has 0 amide bonds. The topological polar surface area (TPSA) is 27.3 Å². The number of nitrogens with zero attached hydrogens (tertiary/aromatic N) is 1. The second-order valence-corrected chi connectivity index (χ2v) is 3.53. The van der Waals surface area contributed by atoms with E-state index in [4.69, 9.17) is 0 Å². The van der Waals surface area contributed by atoms with Gasteiger partial charge in [0.15, 0.2) is 0 Å². The van der Waals surface area contributed by atoms with Crippen molar-refractivity contribution in [2.45, 2.75) is 27.2 Å². The smallest absolute Gasteiger partial charge is 0.0107 e. The zero-order valence-corrected chi connectivity index (χ0v) is 10.1. The highest BCUT2D eigenvalue weighted by molar-refractivity contribution is 4.56. The molecule has 0 saturated heterocycles. The first kappa shape index (κ1) is 13.9. The predicted molar refractivity (Wildman–Crippen MR) is 63.8 cm³/mol. The third kappa shape index (κ3) is 8.48. The second-order valence-electron chi connectivity index (χ2n) is 3.53. The van der Waals surface area contributed by atoms with Gasteiger partial charge in [0.1, 0.15) is 0 Å². The molecule has 14 heavy (non-hydrogen) atoms. The summed E-state index contributed by atoms with van der Waals surface area (Å²) >= 11 is 0. The fourth-order valence-electron chi connectivity index (χ4n) is 1.38. The van der Waals surface area contributed by atoms with Crippen LogP contribution in [-0.2, 0) is 0 Å². The van der Waals surface area contributed by atoms with Gasteiger partial charge in [0.2, 0.25) is 0 Å². The monoisotopic (exact) mass is 201 g/mol. The van der Waals surface area contributed by atoms with Gasteiger partial charge in [-0.05, 0) is 26.1 Å². The Kier molecular flexibility index (Phi) is 10.9. The van der Waals surface area contributed by atoms with Crippen LogP contribution in [0.15, 0.2) is 0 Å². The number of rotatable bonds is 10. The van der Waals surface area contributed by atoms with E-state index in [2.05, 4.69) is 36.3 Å². The van der Waals surface area contributed by atoms with Crippen LogP contribution in [0.5, 0.6) is 0 Å². The van der Waals surface area contributed by atoms with Crippen molar-refractivity contribution >= 4 is 0 Å². The molecule has 0 atom stereocenters. The van der Waals surface area contributed by atoms with Crippen LogP contribution >= 0.6 is 0 Å². The van der Waals surface area contributed by atoms with Crippen LogP contribution in [0.4, 0.5) is 0 Å². The molecule has 0 spiro atoms. The summed E-state index contributed by atoms with van der Waals surface area (Å²) in [4.78, 5) is 2.44. The molecule has 3 heteroatoms. The maximum Gasteiger partial charge on any atom is 0.0107 e. The molecule has 0 aliphatic heterocycles. The molecule has 0 aromatic rings. The fourth-order valence-corrected chi connectivity index (χ4v) is 1.38. The van der Waals surface area contributed by atoms with Gasteiger partial charge in [-0.25, -0.2) is 0 Å². The summed E-state index contributed by atoms with van der Waals surface area (Å²) in [6, 6.07) is 0. The highest BCUT2D eigenvalue weighted by Gasteiger charge is 1.96. The average Bonchev–Trinajstić information content (AvgIpc) is 2.22. The first-order valence-electron chi connectivity index (χ1n) is 5.98. The van der Waals surface area contributed by atoms with E-state index in [1.54, 1.807) is 0 Å². The average molecular weight is 201 g/mol. The molecule has 3 nitrogen and oxygen atoms in total. The van der Waals surface area contributed by atoms with E-state index in [0.717, 1.165) is 39.3 Å². The molecule has 2 N–H and O–H groups in total. The molecule has 0 aliphatic rings. The van der Waals surface area contributed by atoms with Gasteiger partial charge < -0.3 is 15.5 Å². The Morgan fingerprint density at radius 1 is 0.786 bits per heavy atom. The molecule has 86 valence electrons. The van der Waals surface area contributed by atoms with E-state index in [0.29, 0.717) is 0 Å². The summed E-state index contributed by atoms with van der Waals surface area (Å²) in [6.07, 6.45) is 1.22. The van der Waals surface area contributed by atoms with Crippen LogP contribution in [0.2, 0.25) is 0 Å². The third-order valence-electron chi connectivity index (χ3n) is 2.40. The van der Waals surface area contributed by atoms with Gasteiger partial charge in [0.05, 0.1) is 0 Å². The Bertz CT molecular complexity index is 103. The Balaban J connectivity index is 3.04. The van der Waals surface area contributed by atoms with Crippen molar-refractivity contribution in [3.8, 4) is 0 Å². The van der Waals surface area contributed by atoms with Crippen LogP contribution < -0.4 is 10.6 Å². The summed E-state index contributed by atoms with van der Waals surface area (Å²) in [5.41, 5.74) is 0. The van der Waals surface area contributed by atoms with Crippen LogP contribution in [0.25, 0.3) is 0 Å². The van der Waals surface area contributed by atoms with Gasteiger partial charge >= 0.3 is 0 Å². The second kappa shape index (κ2) is 11.0. The lowest BCUT2D eigenvalue weighted by atomic mass is 10.4. The van der Waals surface area contributed by atoms with E-state index in [1.165, 1.54) is 13.0 Å². The standard InChI is InChI=1S/C11H27N3/c1-4-7-12-8-9-13-10-11-14(5-2)6-3/h12-13H,4-11H2,1-3H3. The molecule has 0 unspecified atom stereocenters. The lowest BCUT2D eigenvalue weighted by molar-refractivity contribution is 0.302. The number of hydrogen-bond donors (Lipinski definition) is 2. The maximum atomic E-state index is 3.44. The lowest BCUT2D eigenvalue weighted by Gasteiger charge is -2.17. The molecule has 0 fully saturated rings. The first-order valence-corrected chi connectivity index (χ1v) is 5.98. The van der Waals surface area contributed by atoms with Gasteiger partial charge in [-0.15, -0.1) is 0 Å². The number of nitrogens with one attached hydrogen (secondary N) is 2. The first-order chi connectivity index (χ1) is 6.85. The van der Waals surface area contributed by atoms with Crippen molar-refractivity contribution < 1.29 is 0 Å². The SMILES string of the molecule is CCCNCCNCCN(CC)CC. The van der Waals surface area contributed by atoms with Crippen molar-refractivity contribution in [3.63, 3.8) is 0 Å². The molecule has 0 aromatic carbocycles. The van der Waals surface area contributed by atoms with Crippen molar-refractivity contribution in [2.75, 3.05) is 45.8 Å². The maximum absolute atomic E-state index is 3.44. The third-order valence-corrected chi connectivity index (χ3v) is 2.40. The van der Waals surface area contributed by atoms with Crippen LogP contribution in [0.1, 0.15) is 27.2 Å². The molecule has 0 radical (unpaired) electrons. The molecule has 0 aliphatic carbocycles. The fraction of sp³-hybridized carbons (Fsp3) is 1.00. The van der Waals surface area contributed by atoms with Crippen LogP contribution in [0.3, 0.4) is 0 Å². The largest absolute Gasteiger partial charge is 0.315 e. The van der Waals surface area contributed by atoms with Gasteiger partial charge in [0.25, 0.3) is 0 Å². The van der Waals surface area contributed by atoms with Crippen molar-refractivity contribution in [2.24, 2.45) is 0 Å². The molecule has 0 saturated carbocycles. The van der Waals surface area contributed by atoms with Crippen molar-refractivity contribution in [1.29, 1.82) is 0 Å².